The summed E-state index contributed by atoms with van der Waals surface area (Å²) in [5, 5.41) is 5.78. The van der Waals surface area contributed by atoms with Gasteiger partial charge in [0.05, 0.1) is 23.4 Å². The average molecular weight is 353 g/mol. The normalized spacial score (nSPS) is 15.4. The third-order valence-electron chi connectivity index (χ3n) is 3.74. The van der Waals surface area contributed by atoms with Crippen molar-refractivity contribution in [2.45, 2.75) is 39.2 Å². The van der Waals surface area contributed by atoms with Gasteiger partial charge in [0.2, 0.25) is 11.8 Å². The summed E-state index contributed by atoms with van der Waals surface area (Å²) in [5.74, 6) is -1.25. The first-order valence-electron chi connectivity index (χ1n) is 7.61. The van der Waals surface area contributed by atoms with E-state index in [1.54, 1.807) is 0 Å². The van der Waals surface area contributed by atoms with Gasteiger partial charge in [-0.05, 0) is 51.8 Å². The summed E-state index contributed by atoms with van der Waals surface area (Å²) < 4.78 is 4.65. The fraction of sp³-hybridized carbons (Fsp3) is 0.471. The van der Waals surface area contributed by atoms with E-state index in [1.165, 1.54) is 25.3 Å². The Labute approximate surface area is 145 Å². The second-order valence-corrected chi connectivity index (χ2v) is 7.33. The van der Waals surface area contributed by atoms with Crippen LogP contribution in [0.5, 0.6) is 0 Å². The number of halogens is 1. The molecule has 0 spiro atoms. The quantitative estimate of drug-likeness (QED) is 0.644. The standard InChI is InChI=1S/C17H21ClN2O4/c1-16(2,3)20-15(23)17(7-8-17)14(22)19-12-9-10(13(21)24-4)5-6-11(12)18/h5-6,9H,7-8H2,1-4H3,(H,19,22)(H,20,23). The van der Waals surface area contributed by atoms with Gasteiger partial charge in [0.25, 0.3) is 0 Å². The molecule has 0 atom stereocenters. The third kappa shape index (κ3) is 3.87. The Kier molecular flexibility index (Phi) is 4.90. The highest BCUT2D eigenvalue weighted by Gasteiger charge is 2.57. The SMILES string of the molecule is COC(=O)c1ccc(Cl)c(NC(=O)C2(C(=O)NC(C)(C)C)CC2)c1. The van der Waals surface area contributed by atoms with Gasteiger partial charge in [0.15, 0.2) is 0 Å². The Morgan fingerprint density at radius 1 is 1.17 bits per heavy atom. The number of benzene rings is 1. The summed E-state index contributed by atoms with van der Waals surface area (Å²) in [7, 11) is 1.27. The van der Waals surface area contributed by atoms with Crippen LogP contribution in [-0.4, -0.2) is 30.4 Å². The largest absolute Gasteiger partial charge is 0.465 e. The van der Waals surface area contributed by atoms with Crippen molar-refractivity contribution in [3.63, 3.8) is 0 Å². The maximum absolute atomic E-state index is 12.6. The van der Waals surface area contributed by atoms with Gasteiger partial charge in [-0.15, -0.1) is 0 Å². The van der Waals surface area contributed by atoms with E-state index in [2.05, 4.69) is 15.4 Å². The van der Waals surface area contributed by atoms with E-state index in [1.807, 2.05) is 20.8 Å². The van der Waals surface area contributed by atoms with Crippen molar-refractivity contribution < 1.29 is 19.1 Å². The Morgan fingerprint density at radius 2 is 1.79 bits per heavy atom. The van der Waals surface area contributed by atoms with Gasteiger partial charge >= 0.3 is 5.97 Å². The number of hydrogen-bond acceptors (Lipinski definition) is 4. The van der Waals surface area contributed by atoms with E-state index in [9.17, 15) is 14.4 Å². The van der Waals surface area contributed by atoms with Crippen LogP contribution in [0.15, 0.2) is 18.2 Å². The molecular weight excluding hydrogens is 332 g/mol. The Bertz CT molecular complexity index is 690. The van der Waals surface area contributed by atoms with Crippen LogP contribution in [0.1, 0.15) is 44.0 Å². The average Bonchev–Trinajstić information content (AvgIpc) is 3.28. The minimum absolute atomic E-state index is 0.265. The molecule has 1 aromatic rings. The molecule has 0 heterocycles. The molecule has 1 aliphatic carbocycles. The monoisotopic (exact) mass is 352 g/mol. The van der Waals surface area contributed by atoms with Crippen LogP contribution in [0.3, 0.4) is 0 Å². The van der Waals surface area contributed by atoms with E-state index in [0.717, 1.165) is 0 Å². The summed E-state index contributed by atoms with van der Waals surface area (Å²) >= 11 is 6.08. The molecule has 1 aromatic carbocycles. The van der Waals surface area contributed by atoms with Gasteiger partial charge in [-0.2, -0.15) is 0 Å². The van der Waals surface area contributed by atoms with Crippen LogP contribution in [0.25, 0.3) is 0 Å². The Morgan fingerprint density at radius 3 is 2.29 bits per heavy atom. The third-order valence-corrected chi connectivity index (χ3v) is 4.07. The predicted octanol–water partition coefficient (Wildman–Crippen LogP) is 2.76. The lowest BCUT2D eigenvalue weighted by atomic mass is 10.0. The summed E-state index contributed by atoms with van der Waals surface area (Å²) in [4.78, 5) is 36.6. The fourth-order valence-corrected chi connectivity index (χ4v) is 2.42. The molecule has 7 heteroatoms. The van der Waals surface area contributed by atoms with Crippen molar-refractivity contribution in [3.05, 3.63) is 28.8 Å². The molecule has 6 nitrogen and oxygen atoms in total. The molecule has 1 aliphatic rings. The second kappa shape index (κ2) is 6.43. The van der Waals surface area contributed by atoms with E-state index in [0.29, 0.717) is 12.8 Å². The van der Waals surface area contributed by atoms with E-state index >= 15 is 0 Å². The van der Waals surface area contributed by atoms with E-state index in [-0.39, 0.29) is 22.2 Å². The lowest BCUT2D eigenvalue weighted by Gasteiger charge is -2.24. The number of amides is 2. The Hall–Kier alpha value is -2.08. The van der Waals surface area contributed by atoms with Gasteiger partial charge in [0.1, 0.15) is 5.41 Å². The predicted molar refractivity (Wildman–Crippen MR) is 91.0 cm³/mol. The zero-order chi connectivity index (χ0) is 18.1. The van der Waals surface area contributed by atoms with Crippen molar-refractivity contribution in [2.24, 2.45) is 5.41 Å². The summed E-state index contributed by atoms with van der Waals surface area (Å²) in [5.41, 5.74) is -0.951. The topological polar surface area (TPSA) is 84.5 Å². The van der Waals surface area contributed by atoms with E-state index in [4.69, 9.17) is 11.6 Å². The number of nitrogens with one attached hydrogen (secondary N) is 2. The van der Waals surface area contributed by atoms with Gasteiger partial charge < -0.3 is 15.4 Å². The first-order chi connectivity index (χ1) is 11.1. The van der Waals surface area contributed by atoms with Crippen LogP contribution in [0.4, 0.5) is 5.69 Å². The van der Waals surface area contributed by atoms with Crippen LogP contribution in [0, 0.1) is 5.41 Å². The number of methoxy groups -OCH3 is 1. The smallest absolute Gasteiger partial charge is 0.337 e. The molecular formula is C17H21ClN2O4. The number of ether oxygens (including phenoxy) is 1. The van der Waals surface area contributed by atoms with Crippen molar-refractivity contribution in [2.75, 3.05) is 12.4 Å². The highest BCUT2D eigenvalue weighted by Crippen LogP contribution is 2.47. The number of anilines is 1. The van der Waals surface area contributed by atoms with Gasteiger partial charge in [-0.25, -0.2) is 4.79 Å². The molecule has 0 aliphatic heterocycles. The molecule has 0 bridgehead atoms. The van der Waals surface area contributed by atoms with Crippen molar-refractivity contribution in [1.82, 2.24) is 5.32 Å². The van der Waals surface area contributed by atoms with E-state index < -0.39 is 22.8 Å². The minimum Gasteiger partial charge on any atom is -0.465 e. The maximum atomic E-state index is 12.6. The molecule has 2 rings (SSSR count). The lowest BCUT2D eigenvalue weighted by Crippen LogP contribution is -2.48. The van der Waals surface area contributed by atoms with Crippen LogP contribution in [0.2, 0.25) is 5.02 Å². The zero-order valence-corrected chi connectivity index (χ0v) is 14.9. The van der Waals surface area contributed by atoms with Gasteiger partial charge in [-0.3, -0.25) is 9.59 Å². The summed E-state index contributed by atoms with van der Waals surface area (Å²) in [6, 6.07) is 4.44. The number of carbonyl (C=O) groups excluding carboxylic acids is 3. The highest BCUT2D eigenvalue weighted by atomic mass is 35.5. The lowest BCUT2D eigenvalue weighted by molar-refractivity contribution is -0.135. The molecule has 2 amide bonds. The van der Waals surface area contributed by atoms with Crippen molar-refractivity contribution in [3.8, 4) is 0 Å². The molecule has 0 saturated heterocycles. The zero-order valence-electron chi connectivity index (χ0n) is 14.2. The maximum Gasteiger partial charge on any atom is 0.337 e. The molecule has 2 N–H and O–H groups in total. The summed E-state index contributed by atoms with van der Waals surface area (Å²) in [6.07, 6.45) is 0.962. The van der Waals surface area contributed by atoms with Crippen LogP contribution >= 0.6 is 11.6 Å². The number of carbonyl (C=O) groups is 3. The Balaban J connectivity index is 2.18. The summed E-state index contributed by atoms with van der Waals surface area (Å²) in [6.45, 7) is 5.57. The molecule has 24 heavy (non-hydrogen) atoms. The molecule has 1 saturated carbocycles. The number of hydrogen-bond donors (Lipinski definition) is 2. The minimum atomic E-state index is -1.07. The van der Waals surface area contributed by atoms with Crippen molar-refractivity contribution >= 4 is 35.1 Å². The fourth-order valence-electron chi connectivity index (χ4n) is 2.25. The highest BCUT2D eigenvalue weighted by molar-refractivity contribution is 6.34. The van der Waals surface area contributed by atoms with Crippen LogP contribution in [-0.2, 0) is 14.3 Å². The first kappa shape index (κ1) is 18.3. The number of esters is 1. The van der Waals surface area contributed by atoms with Gasteiger partial charge in [-0.1, -0.05) is 11.6 Å². The molecule has 1 fully saturated rings. The van der Waals surface area contributed by atoms with Crippen molar-refractivity contribution in [1.29, 1.82) is 0 Å². The number of rotatable bonds is 4. The van der Waals surface area contributed by atoms with Crippen LogP contribution < -0.4 is 10.6 Å². The first-order valence-corrected chi connectivity index (χ1v) is 7.99. The molecule has 130 valence electrons. The molecule has 0 radical (unpaired) electrons. The molecule has 0 aromatic heterocycles. The molecule has 0 unspecified atom stereocenters. The second-order valence-electron chi connectivity index (χ2n) is 6.93. The van der Waals surface area contributed by atoms with Gasteiger partial charge in [0, 0.05) is 5.54 Å².